The molecule has 3 amide bonds. The number of anilines is 4. The molecule has 2 unspecified atom stereocenters. The van der Waals surface area contributed by atoms with E-state index in [0.717, 1.165) is 68.6 Å². The molecule has 5 fully saturated rings. The summed E-state index contributed by atoms with van der Waals surface area (Å²) in [7, 11) is -1.72. The van der Waals surface area contributed by atoms with Gasteiger partial charge in [-0.2, -0.15) is 9.40 Å². The summed E-state index contributed by atoms with van der Waals surface area (Å²) in [4.78, 5) is 42.1. The van der Waals surface area contributed by atoms with Crippen molar-refractivity contribution in [1.82, 2.24) is 34.3 Å². The highest BCUT2D eigenvalue weighted by molar-refractivity contribution is 7.89. The number of carbonyl (C=O) groups excluding carboxylic acids is 2. The lowest BCUT2D eigenvalue weighted by Gasteiger charge is -2.40. The smallest absolute Gasteiger partial charge is 0.329 e. The second-order valence-electron chi connectivity index (χ2n) is 15.4. The third kappa shape index (κ3) is 7.20. The monoisotopic (exact) mass is 787 g/mol. The van der Waals surface area contributed by atoms with Gasteiger partial charge >= 0.3 is 6.03 Å². The maximum absolute atomic E-state index is 13.7. The van der Waals surface area contributed by atoms with Crippen LogP contribution in [0.4, 0.5) is 27.9 Å². The minimum absolute atomic E-state index is 0.0969. The fourth-order valence-electron chi connectivity index (χ4n) is 8.89. The van der Waals surface area contributed by atoms with Crippen LogP contribution in [0.25, 0.3) is 10.9 Å². The van der Waals surface area contributed by atoms with Crippen LogP contribution in [0.5, 0.6) is 0 Å². The van der Waals surface area contributed by atoms with E-state index in [-0.39, 0.29) is 18.4 Å². The van der Waals surface area contributed by atoms with Crippen molar-refractivity contribution < 1.29 is 18.0 Å². The average molecular weight is 788 g/mol. The van der Waals surface area contributed by atoms with E-state index in [1.165, 1.54) is 5.69 Å². The van der Waals surface area contributed by atoms with E-state index in [9.17, 15) is 18.0 Å². The summed E-state index contributed by atoms with van der Waals surface area (Å²) in [6.45, 7) is 6.08. The molecule has 2 atom stereocenters. The van der Waals surface area contributed by atoms with E-state index in [1.807, 2.05) is 29.9 Å². The number of fused-ring (bicyclic) bond motifs is 2. The van der Waals surface area contributed by atoms with Crippen molar-refractivity contribution in [2.45, 2.75) is 61.5 Å². The summed E-state index contributed by atoms with van der Waals surface area (Å²) >= 11 is 5.90. The summed E-state index contributed by atoms with van der Waals surface area (Å²) in [5, 5.41) is 11.7. The third-order valence-corrected chi connectivity index (χ3v) is 14.1. The summed E-state index contributed by atoms with van der Waals surface area (Å²) in [6.07, 6.45) is 8.01. The number of benzene rings is 2. The molecule has 0 bridgehead atoms. The Balaban J connectivity index is 0.768. The highest BCUT2D eigenvalue weighted by Crippen LogP contribution is 2.42. The van der Waals surface area contributed by atoms with E-state index >= 15 is 0 Å². The molecular formula is C38H46ClN11O4S. The maximum Gasteiger partial charge on any atom is 0.329 e. The number of aryl methyl sites for hydroxylation is 1. The first-order valence-electron chi connectivity index (χ1n) is 19.3. The van der Waals surface area contributed by atoms with Crippen LogP contribution in [0.2, 0.25) is 5.02 Å². The molecule has 1 saturated carbocycles. The van der Waals surface area contributed by atoms with Gasteiger partial charge in [0.2, 0.25) is 21.9 Å². The van der Waals surface area contributed by atoms with Crippen molar-refractivity contribution in [2.24, 2.45) is 13.0 Å². The molecule has 9 rings (SSSR count). The van der Waals surface area contributed by atoms with Gasteiger partial charge in [-0.3, -0.25) is 24.6 Å². The van der Waals surface area contributed by atoms with Crippen LogP contribution in [0.3, 0.4) is 0 Å². The number of sulfonamides is 1. The van der Waals surface area contributed by atoms with Crippen molar-refractivity contribution in [2.75, 3.05) is 72.4 Å². The van der Waals surface area contributed by atoms with Crippen LogP contribution >= 0.6 is 11.6 Å². The highest BCUT2D eigenvalue weighted by atomic mass is 35.5. The minimum Gasteiger partial charge on any atom is -0.371 e. The Morgan fingerprint density at radius 1 is 0.891 bits per heavy atom. The largest absolute Gasteiger partial charge is 0.371 e. The number of amides is 3. The molecule has 0 spiro atoms. The number of nitrogens with zero attached hydrogens (tertiary/aromatic N) is 9. The number of halogens is 1. The molecule has 55 heavy (non-hydrogen) atoms. The fraction of sp³-hybridized carbons (Fsp3) is 0.500. The topological polar surface area (TPSA) is 152 Å². The van der Waals surface area contributed by atoms with Crippen LogP contribution in [0, 0.1) is 5.92 Å². The first kappa shape index (κ1) is 36.1. The lowest BCUT2D eigenvalue weighted by molar-refractivity contribution is -0.120. The van der Waals surface area contributed by atoms with Crippen LogP contribution in [-0.4, -0.2) is 120 Å². The zero-order valence-corrected chi connectivity index (χ0v) is 32.4. The average Bonchev–Trinajstić information content (AvgIpc) is 3.94. The van der Waals surface area contributed by atoms with Crippen molar-refractivity contribution in [3.05, 3.63) is 59.9 Å². The molecule has 2 aromatic heterocycles. The van der Waals surface area contributed by atoms with Gasteiger partial charge in [0.05, 0.1) is 27.8 Å². The molecule has 6 heterocycles. The van der Waals surface area contributed by atoms with Crippen molar-refractivity contribution >= 4 is 67.6 Å². The number of hydrogen-bond donors (Lipinski definition) is 2. The number of piperidine rings is 2. The number of imide groups is 1. The SMILES string of the molecule is Cn1nc(N2CCC(=O)NC2=O)c2ccc(N3CCN(CC4CCN(c5cccc(S(=O)(=O)N6CCC(Nc7ncc(Cl)cn7)CC6)c5)CC4)C4CC43)cc21. The summed E-state index contributed by atoms with van der Waals surface area (Å²) in [6, 6.07) is 14.6. The Hall–Kier alpha value is -4.51. The van der Waals surface area contributed by atoms with Gasteiger partial charge in [-0.05, 0) is 74.4 Å². The van der Waals surface area contributed by atoms with E-state index < -0.39 is 16.1 Å². The lowest BCUT2D eigenvalue weighted by atomic mass is 9.95. The molecular weight excluding hydrogens is 742 g/mol. The Morgan fingerprint density at radius 3 is 2.44 bits per heavy atom. The summed E-state index contributed by atoms with van der Waals surface area (Å²) < 4.78 is 30.8. The molecule has 4 aliphatic heterocycles. The van der Waals surface area contributed by atoms with E-state index in [1.54, 1.807) is 27.7 Å². The van der Waals surface area contributed by atoms with Crippen molar-refractivity contribution in [1.29, 1.82) is 0 Å². The normalized spacial score (nSPS) is 23.3. The Labute approximate surface area is 325 Å². The first-order chi connectivity index (χ1) is 26.6. The van der Waals surface area contributed by atoms with Crippen LogP contribution in [0.1, 0.15) is 38.5 Å². The van der Waals surface area contributed by atoms with Gasteiger partial charge < -0.3 is 15.1 Å². The zero-order valence-electron chi connectivity index (χ0n) is 30.8. The molecule has 17 heteroatoms. The lowest BCUT2D eigenvalue weighted by Crippen LogP contribution is -2.49. The van der Waals surface area contributed by atoms with Crippen molar-refractivity contribution in [3.8, 4) is 0 Å². The number of carbonyl (C=O) groups is 2. The second kappa shape index (κ2) is 14.5. The molecule has 5 aliphatic rings. The summed E-state index contributed by atoms with van der Waals surface area (Å²) in [5.41, 5.74) is 3.11. The van der Waals surface area contributed by atoms with Gasteiger partial charge in [0.25, 0.3) is 0 Å². The number of hydrogen-bond acceptors (Lipinski definition) is 11. The molecule has 1 aliphatic carbocycles. The molecule has 0 radical (unpaired) electrons. The van der Waals surface area contributed by atoms with Gasteiger partial charge in [0, 0.05) is 101 Å². The minimum atomic E-state index is -3.61. The number of piperazine rings is 1. The zero-order chi connectivity index (χ0) is 37.8. The molecule has 4 saturated heterocycles. The van der Waals surface area contributed by atoms with Crippen LogP contribution in [0.15, 0.2) is 59.8 Å². The predicted octanol–water partition coefficient (Wildman–Crippen LogP) is 3.91. The van der Waals surface area contributed by atoms with Gasteiger partial charge in [-0.15, -0.1) is 0 Å². The quantitative estimate of drug-likeness (QED) is 0.254. The maximum atomic E-state index is 13.7. The Bertz CT molecular complexity index is 2200. The number of rotatable bonds is 9. The predicted molar refractivity (Wildman–Crippen MR) is 211 cm³/mol. The second-order valence-corrected chi connectivity index (χ2v) is 17.8. The third-order valence-electron chi connectivity index (χ3n) is 12.0. The van der Waals surface area contributed by atoms with Gasteiger partial charge in [-0.1, -0.05) is 17.7 Å². The van der Waals surface area contributed by atoms with Crippen molar-refractivity contribution in [3.63, 3.8) is 0 Å². The molecule has 290 valence electrons. The van der Waals surface area contributed by atoms with E-state index in [4.69, 9.17) is 11.6 Å². The first-order valence-corrected chi connectivity index (χ1v) is 21.1. The standard InChI is InChI=1S/C38H46ClN11O4S/c1-45-32-20-29(5-6-31(32)36(44-45)50-16-11-35(51)43-38(50)52)49-18-17-47(33-21-34(33)49)24-25-7-12-46(13-8-25)28-3-2-4-30(19-28)55(53,54)48-14-9-27(10-15-48)42-37-40-22-26(39)23-41-37/h2-6,19-20,22-23,25,27,33-34H,7-18,21,24H2,1H3,(H,40,41,42)(H,43,51,52). The van der Waals surface area contributed by atoms with Gasteiger partial charge in [0.1, 0.15) is 0 Å². The fourth-order valence-corrected chi connectivity index (χ4v) is 10.5. The number of nitrogens with one attached hydrogen (secondary N) is 2. The molecule has 15 nitrogen and oxygen atoms in total. The summed E-state index contributed by atoms with van der Waals surface area (Å²) in [5.74, 6) is 1.43. The highest BCUT2D eigenvalue weighted by Gasteiger charge is 2.49. The van der Waals surface area contributed by atoms with E-state index in [2.05, 4.69) is 58.6 Å². The Kier molecular flexibility index (Phi) is 9.55. The number of urea groups is 1. The van der Waals surface area contributed by atoms with Gasteiger partial charge in [-0.25, -0.2) is 23.2 Å². The number of aromatic nitrogens is 4. The van der Waals surface area contributed by atoms with Crippen LogP contribution in [-0.2, 0) is 21.9 Å². The van der Waals surface area contributed by atoms with Gasteiger partial charge in [0.15, 0.2) is 5.82 Å². The van der Waals surface area contributed by atoms with E-state index in [0.29, 0.717) is 72.2 Å². The molecule has 4 aromatic rings. The van der Waals surface area contributed by atoms with Crippen LogP contribution < -0.4 is 25.3 Å². The Morgan fingerprint density at radius 2 is 1.67 bits per heavy atom. The molecule has 2 N–H and O–H groups in total. The molecule has 2 aromatic carbocycles.